The van der Waals surface area contributed by atoms with Gasteiger partial charge in [0.15, 0.2) is 0 Å². The van der Waals surface area contributed by atoms with E-state index in [0.29, 0.717) is 0 Å². The first-order chi connectivity index (χ1) is 12.9. The summed E-state index contributed by atoms with van der Waals surface area (Å²) in [7, 11) is 0. The molecule has 4 aromatic rings. The van der Waals surface area contributed by atoms with Crippen molar-refractivity contribution in [2.45, 2.75) is 6.54 Å². The van der Waals surface area contributed by atoms with Crippen molar-refractivity contribution < 1.29 is 0 Å². The fourth-order valence-electron chi connectivity index (χ4n) is 3.33. The number of hydrogen-bond acceptors (Lipinski definition) is 5. The minimum Gasteiger partial charge on any atom is -0.301 e. The van der Waals surface area contributed by atoms with Crippen molar-refractivity contribution in [3.8, 4) is 20.9 Å². The molecule has 2 aromatic heterocycles. The number of hydrogen-bond donors (Lipinski definition) is 2. The number of hydrazine groups is 2. The summed E-state index contributed by atoms with van der Waals surface area (Å²) in [6.07, 6.45) is 0. The average Bonchev–Trinajstić information content (AvgIpc) is 3.44. The lowest BCUT2D eigenvalue weighted by Crippen LogP contribution is -2.35. The summed E-state index contributed by atoms with van der Waals surface area (Å²) in [5.74, 6) is 0. The molecule has 26 heavy (non-hydrogen) atoms. The Kier molecular flexibility index (Phi) is 3.97. The van der Waals surface area contributed by atoms with E-state index in [9.17, 15) is 0 Å². The molecule has 0 radical (unpaired) electrons. The van der Waals surface area contributed by atoms with Crippen LogP contribution in [-0.2, 0) is 6.54 Å². The first-order valence-corrected chi connectivity index (χ1v) is 10.2. The Balaban J connectivity index is 1.64. The second-order valence-corrected chi connectivity index (χ2v) is 8.04. The SMILES string of the molecule is c1ccc(CN2NNc3c(-c4cccs4)ccc(-c4cccs4)c32)cc1. The number of rotatable bonds is 4. The van der Waals surface area contributed by atoms with Gasteiger partial charge in [-0.3, -0.25) is 5.01 Å². The molecule has 0 spiro atoms. The highest BCUT2D eigenvalue weighted by Crippen LogP contribution is 2.47. The Labute approximate surface area is 160 Å². The third-order valence-electron chi connectivity index (χ3n) is 4.52. The van der Waals surface area contributed by atoms with E-state index in [0.717, 1.165) is 12.2 Å². The van der Waals surface area contributed by atoms with E-state index < -0.39 is 0 Å². The predicted molar refractivity (Wildman–Crippen MR) is 112 cm³/mol. The molecule has 1 aliphatic heterocycles. The highest BCUT2D eigenvalue weighted by molar-refractivity contribution is 7.14. The van der Waals surface area contributed by atoms with Gasteiger partial charge in [0.05, 0.1) is 17.9 Å². The molecular formula is C21H17N3S2. The zero-order valence-corrected chi connectivity index (χ0v) is 15.6. The summed E-state index contributed by atoms with van der Waals surface area (Å²) in [6, 6.07) is 23.6. The molecule has 0 atom stereocenters. The van der Waals surface area contributed by atoms with Crippen molar-refractivity contribution in [1.82, 2.24) is 5.53 Å². The zero-order chi connectivity index (χ0) is 17.3. The normalized spacial score (nSPS) is 12.8. The third kappa shape index (κ3) is 2.70. The van der Waals surface area contributed by atoms with Crippen LogP contribution in [0.15, 0.2) is 77.5 Å². The van der Waals surface area contributed by atoms with Crippen molar-refractivity contribution >= 4 is 34.0 Å². The topological polar surface area (TPSA) is 27.3 Å². The van der Waals surface area contributed by atoms with Crippen molar-refractivity contribution in [3.63, 3.8) is 0 Å². The number of benzene rings is 2. The summed E-state index contributed by atoms with van der Waals surface area (Å²) >= 11 is 3.54. The third-order valence-corrected chi connectivity index (χ3v) is 6.33. The molecular weight excluding hydrogens is 358 g/mol. The molecule has 3 nitrogen and oxygen atoms in total. The largest absolute Gasteiger partial charge is 0.301 e. The zero-order valence-electron chi connectivity index (χ0n) is 14.0. The second-order valence-electron chi connectivity index (χ2n) is 6.15. The molecule has 0 saturated heterocycles. The Morgan fingerprint density at radius 1 is 0.731 bits per heavy atom. The van der Waals surface area contributed by atoms with Gasteiger partial charge in [-0.15, -0.1) is 28.2 Å². The quantitative estimate of drug-likeness (QED) is 0.458. The second kappa shape index (κ2) is 6.61. The van der Waals surface area contributed by atoms with Gasteiger partial charge in [-0.05, 0) is 28.5 Å². The van der Waals surface area contributed by atoms with Crippen molar-refractivity contribution in [3.05, 3.63) is 83.1 Å². The van der Waals surface area contributed by atoms with E-state index in [1.807, 2.05) is 0 Å². The molecule has 0 fully saturated rings. The maximum Gasteiger partial charge on any atom is 0.0879 e. The van der Waals surface area contributed by atoms with E-state index in [-0.39, 0.29) is 0 Å². The van der Waals surface area contributed by atoms with Crippen LogP contribution in [0, 0.1) is 0 Å². The number of nitrogens with one attached hydrogen (secondary N) is 2. The predicted octanol–water partition coefficient (Wildman–Crippen LogP) is 6.00. The van der Waals surface area contributed by atoms with Gasteiger partial charge in [-0.25, -0.2) is 0 Å². The Morgan fingerprint density at radius 2 is 1.42 bits per heavy atom. The highest BCUT2D eigenvalue weighted by atomic mass is 32.1. The van der Waals surface area contributed by atoms with Gasteiger partial charge >= 0.3 is 0 Å². The van der Waals surface area contributed by atoms with Crippen LogP contribution in [0.1, 0.15) is 5.56 Å². The summed E-state index contributed by atoms with van der Waals surface area (Å²) in [5, 5.41) is 6.46. The van der Waals surface area contributed by atoms with Crippen LogP contribution in [0.5, 0.6) is 0 Å². The van der Waals surface area contributed by atoms with Gasteiger partial charge in [-0.2, -0.15) is 0 Å². The molecule has 5 heteroatoms. The van der Waals surface area contributed by atoms with Crippen LogP contribution in [0.2, 0.25) is 0 Å². The molecule has 2 aromatic carbocycles. The maximum atomic E-state index is 3.42. The molecule has 128 valence electrons. The molecule has 0 unspecified atom stereocenters. The van der Waals surface area contributed by atoms with E-state index in [1.54, 1.807) is 22.7 Å². The summed E-state index contributed by atoms with van der Waals surface area (Å²) < 4.78 is 0. The Hall–Kier alpha value is -2.60. The molecule has 0 saturated carbocycles. The number of fused-ring (bicyclic) bond motifs is 1. The number of nitrogens with zero attached hydrogens (tertiary/aromatic N) is 1. The molecule has 0 amide bonds. The molecule has 0 aliphatic carbocycles. The average molecular weight is 376 g/mol. The minimum atomic E-state index is 0.799. The summed E-state index contributed by atoms with van der Waals surface area (Å²) in [5.41, 5.74) is 12.9. The fraction of sp³-hybridized carbons (Fsp3) is 0.0476. The lowest BCUT2D eigenvalue weighted by atomic mass is 10.0. The molecule has 3 heterocycles. The van der Waals surface area contributed by atoms with Gasteiger partial charge in [0, 0.05) is 20.9 Å². The van der Waals surface area contributed by atoms with Crippen molar-refractivity contribution in [2.75, 3.05) is 10.4 Å². The smallest absolute Gasteiger partial charge is 0.0879 e. The fourth-order valence-corrected chi connectivity index (χ4v) is 4.84. The molecule has 5 rings (SSSR count). The van der Waals surface area contributed by atoms with Crippen LogP contribution in [-0.4, -0.2) is 0 Å². The molecule has 0 bridgehead atoms. The van der Waals surface area contributed by atoms with E-state index in [2.05, 4.69) is 93.5 Å². The van der Waals surface area contributed by atoms with Crippen LogP contribution < -0.4 is 16.0 Å². The number of anilines is 2. The van der Waals surface area contributed by atoms with Crippen LogP contribution >= 0.6 is 22.7 Å². The van der Waals surface area contributed by atoms with Crippen LogP contribution in [0.4, 0.5) is 11.4 Å². The van der Waals surface area contributed by atoms with Gasteiger partial charge in [-0.1, -0.05) is 54.6 Å². The van der Waals surface area contributed by atoms with E-state index in [1.165, 1.54) is 32.1 Å². The van der Waals surface area contributed by atoms with Gasteiger partial charge < -0.3 is 5.43 Å². The van der Waals surface area contributed by atoms with Gasteiger partial charge in [0.25, 0.3) is 0 Å². The van der Waals surface area contributed by atoms with Crippen molar-refractivity contribution in [1.29, 1.82) is 0 Å². The minimum absolute atomic E-state index is 0.799. The Morgan fingerprint density at radius 3 is 2.12 bits per heavy atom. The van der Waals surface area contributed by atoms with Crippen LogP contribution in [0.25, 0.3) is 20.9 Å². The van der Waals surface area contributed by atoms with E-state index in [4.69, 9.17) is 0 Å². The highest BCUT2D eigenvalue weighted by Gasteiger charge is 2.26. The Bertz CT molecular complexity index is 1010. The summed E-state index contributed by atoms with van der Waals surface area (Å²) in [6.45, 7) is 0.799. The summed E-state index contributed by atoms with van der Waals surface area (Å²) in [4.78, 5) is 2.55. The van der Waals surface area contributed by atoms with E-state index >= 15 is 0 Å². The maximum absolute atomic E-state index is 3.42. The first kappa shape index (κ1) is 15.6. The van der Waals surface area contributed by atoms with Gasteiger partial charge in [0.1, 0.15) is 0 Å². The first-order valence-electron chi connectivity index (χ1n) is 8.48. The lowest BCUT2D eigenvalue weighted by molar-refractivity contribution is 0.726. The molecule has 2 N–H and O–H groups in total. The number of thiophene rings is 2. The van der Waals surface area contributed by atoms with Crippen LogP contribution in [0.3, 0.4) is 0 Å². The van der Waals surface area contributed by atoms with Crippen molar-refractivity contribution in [2.24, 2.45) is 0 Å². The van der Waals surface area contributed by atoms with Gasteiger partial charge in [0.2, 0.25) is 0 Å². The lowest BCUT2D eigenvalue weighted by Gasteiger charge is -2.20. The standard InChI is InChI=1S/C21H17N3S2/c1-2-6-15(7-3-1)14-24-21-17(19-9-5-13-26-19)11-10-16(20(21)22-23-24)18-8-4-12-25-18/h1-13,22-23H,14H2. The molecule has 1 aliphatic rings. The monoisotopic (exact) mass is 375 g/mol.